The number of carbonyl (C=O) groups is 1. The molecule has 1 saturated heterocycles. The van der Waals surface area contributed by atoms with Crippen molar-refractivity contribution in [1.29, 1.82) is 0 Å². The Labute approximate surface area is 121 Å². The first-order chi connectivity index (χ1) is 8.76. The van der Waals surface area contributed by atoms with Crippen LogP contribution in [0.4, 0.5) is 0 Å². The highest BCUT2D eigenvalue weighted by atomic mass is 35.5. The number of aryl methyl sites for hydroxylation is 1. The summed E-state index contributed by atoms with van der Waals surface area (Å²) in [4.78, 5) is 14.4. The van der Waals surface area contributed by atoms with Crippen LogP contribution < -0.4 is 5.73 Å². The summed E-state index contributed by atoms with van der Waals surface area (Å²) in [6.45, 7) is 4.53. The lowest BCUT2D eigenvalue weighted by atomic mass is 9.96. The summed E-state index contributed by atoms with van der Waals surface area (Å²) in [6.07, 6.45) is 2.98. The van der Waals surface area contributed by atoms with Crippen LogP contribution in [0.5, 0.6) is 0 Å². The number of rotatable bonds is 3. The molecule has 2 rings (SSSR count). The number of piperidine rings is 1. The van der Waals surface area contributed by atoms with Gasteiger partial charge >= 0.3 is 0 Å². The van der Waals surface area contributed by atoms with Crippen molar-refractivity contribution in [2.75, 3.05) is 19.6 Å². The number of hydrogen-bond donors (Lipinski definition) is 1. The van der Waals surface area contributed by atoms with Crippen LogP contribution in [0.2, 0.25) is 0 Å². The highest BCUT2D eigenvalue weighted by Gasteiger charge is 2.23. The molecule has 0 aliphatic carbocycles. The second-order valence-electron chi connectivity index (χ2n) is 4.98. The van der Waals surface area contributed by atoms with Crippen LogP contribution in [0.25, 0.3) is 0 Å². The summed E-state index contributed by atoms with van der Waals surface area (Å²) in [5, 5.41) is 0. The number of amides is 1. The van der Waals surface area contributed by atoms with Crippen LogP contribution in [0.3, 0.4) is 0 Å². The number of likely N-dealkylation sites (tertiary alicyclic amines) is 1. The predicted molar refractivity (Wildman–Crippen MR) is 80.7 cm³/mol. The molecule has 1 heterocycles. The van der Waals surface area contributed by atoms with Crippen molar-refractivity contribution in [2.45, 2.75) is 26.2 Å². The van der Waals surface area contributed by atoms with Crippen LogP contribution in [0.1, 0.15) is 35.7 Å². The van der Waals surface area contributed by atoms with Gasteiger partial charge in [-0.2, -0.15) is 0 Å². The van der Waals surface area contributed by atoms with Gasteiger partial charge in [-0.15, -0.1) is 12.4 Å². The summed E-state index contributed by atoms with van der Waals surface area (Å²) in [5.41, 5.74) is 7.69. The Balaban J connectivity index is 0.00000180. The van der Waals surface area contributed by atoms with E-state index in [0.717, 1.165) is 50.0 Å². The predicted octanol–water partition coefficient (Wildman–Crippen LogP) is 2.48. The number of hydrogen-bond acceptors (Lipinski definition) is 2. The summed E-state index contributed by atoms with van der Waals surface area (Å²) < 4.78 is 0. The van der Waals surface area contributed by atoms with Gasteiger partial charge in [0.25, 0.3) is 5.91 Å². The van der Waals surface area contributed by atoms with Crippen molar-refractivity contribution in [1.82, 2.24) is 4.90 Å². The molecule has 0 spiro atoms. The zero-order valence-corrected chi connectivity index (χ0v) is 12.3. The minimum Gasteiger partial charge on any atom is -0.339 e. The maximum atomic E-state index is 12.5. The molecule has 1 aromatic carbocycles. The van der Waals surface area contributed by atoms with Gasteiger partial charge < -0.3 is 10.6 Å². The molecule has 0 saturated carbocycles. The third kappa shape index (κ3) is 3.71. The fourth-order valence-corrected chi connectivity index (χ4v) is 2.58. The first-order valence-electron chi connectivity index (χ1n) is 6.83. The van der Waals surface area contributed by atoms with E-state index in [1.807, 2.05) is 29.2 Å². The molecule has 0 unspecified atom stereocenters. The molecule has 2 N–H and O–H groups in total. The Hall–Kier alpha value is -1.06. The highest BCUT2D eigenvalue weighted by Crippen LogP contribution is 2.19. The van der Waals surface area contributed by atoms with Crippen molar-refractivity contribution in [2.24, 2.45) is 11.7 Å². The van der Waals surface area contributed by atoms with Crippen LogP contribution in [-0.2, 0) is 6.42 Å². The SMILES string of the molecule is CCc1ccccc1C(=O)N1CCC(CN)CC1.Cl. The molecule has 0 radical (unpaired) electrons. The van der Waals surface area contributed by atoms with E-state index in [9.17, 15) is 4.79 Å². The van der Waals surface area contributed by atoms with Crippen LogP contribution in [0, 0.1) is 5.92 Å². The van der Waals surface area contributed by atoms with Gasteiger partial charge in [0.1, 0.15) is 0 Å². The monoisotopic (exact) mass is 282 g/mol. The Bertz CT molecular complexity index is 414. The normalized spacial score (nSPS) is 16.0. The summed E-state index contributed by atoms with van der Waals surface area (Å²) in [7, 11) is 0. The van der Waals surface area contributed by atoms with Crippen molar-refractivity contribution in [3.8, 4) is 0 Å². The Kier molecular flexibility index (Phi) is 6.32. The zero-order chi connectivity index (χ0) is 13.0. The van der Waals surface area contributed by atoms with Crippen molar-refractivity contribution < 1.29 is 4.79 Å². The molecular formula is C15H23ClN2O. The lowest BCUT2D eigenvalue weighted by Gasteiger charge is -2.31. The Morgan fingerprint density at radius 2 is 1.95 bits per heavy atom. The highest BCUT2D eigenvalue weighted by molar-refractivity contribution is 5.95. The van der Waals surface area contributed by atoms with Gasteiger partial charge in [0.2, 0.25) is 0 Å². The van der Waals surface area contributed by atoms with E-state index in [-0.39, 0.29) is 18.3 Å². The van der Waals surface area contributed by atoms with Gasteiger partial charge in [0.05, 0.1) is 0 Å². The largest absolute Gasteiger partial charge is 0.339 e. The zero-order valence-electron chi connectivity index (χ0n) is 11.5. The van der Waals surface area contributed by atoms with Gasteiger partial charge in [-0.05, 0) is 43.4 Å². The van der Waals surface area contributed by atoms with Gasteiger partial charge in [-0.25, -0.2) is 0 Å². The molecule has 1 fully saturated rings. The Morgan fingerprint density at radius 3 is 2.53 bits per heavy atom. The van der Waals surface area contributed by atoms with Gasteiger partial charge in [-0.1, -0.05) is 25.1 Å². The minimum atomic E-state index is 0. The topological polar surface area (TPSA) is 46.3 Å². The third-order valence-electron chi connectivity index (χ3n) is 3.86. The van der Waals surface area contributed by atoms with E-state index in [1.54, 1.807) is 0 Å². The molecule has 1 aliphatic heterocycles. The van der Waals surface area contributed by atoms with Crippen molar-refractivity contribution >= 4 is 18.3 Å². The number of carbonyl (C=O) groups excluding carboxylic acids is 1. The van der Waals surface area contributed by atoms with Crippen LogP contribution >= 0.6 is 12.4 Å². The number of halogens is 1. The maximum absolute atomic E-state index is 12.5. The first kappa shape index (κ1) is 16.0. The van der Waals surface area contributed by atoms with Gasteiger partial charge in [-0.3, -0.25) is 4.79 Å². The molecule has 0 atom stereocenters. The average molecular weight is 283 g/mol. The fraction of sp³-hybridized carbons (Fsp3) is 0.533. The van der Waals surface area contributed by atoms with E-state index < -0.39 is 0 Å². The van der Waals surface area contributed by atoms with E-state index in [2.05, 4.69) is 6.92 Å². The maximum Gasteiger partial charge on any atom is 0.254 e. The van der Waals surface area contributed by atoms with Crippen molar-refractivity contribution in [3.05, 3.63) is 35.4 Å². The van der Waals surface area contributed by atoms with E-state index in [4.69, 9.17) is 5.73 Å². The molecule has 4 heteroatoms. The standard InChI is InChI=1S/C15H22N2O.ClH/c1-2-13-5-3-4-6-14(13)15(18)17-9-7-12(11-16)8-10-17;/h3-6,12H,2,7-11,16H2,1H3;1H. The molecule has 3 nitrogen and oxygen atoms in total. The summed E-state index contributed by atoms with van der Waals surface area (Å²) >= 11 is 0. The number of nitrogens with two attached hydrogens (primary N) is 1. The lowest BCUT2D eigenvalue weighted by Crippen LogP contribution is -2.40. The molecule has 0 aromatic heterocycles. The fourth-order valence-electron chi connectivity index (χ4n) is 2.58. The Morgan fingerprint density at radius 1 is 1.32 bits per heavy atom. The molecule has 19 heavy (non-hydrogen) atoms. The number of nitrogens with zero attached hydrogens (tertiary/aromatic N) is 1. The third-order valence-corrected chi connectivity index (χ3v) is 3.86. The average Bonchev–Trinajstić information content (AvgIpc) is 2.46. The minimum absolute atomic E-state index is 0. The van der Waals surface area contributed by atoms with Gasteiger partial charge in [0.15, 0.2) is 0 Å². The van der Waals surface area contributed by atoms with Crippen LogP contribution in [-0.4, -0.2) is 30.4 Å². The molecular weight excluding hydrogens is 260 g/mol. The smallest absolute Gasteiger partial charge is 0.254 e. The molecule has 0 bridgehead atoms. The van der Waals surface area contributed by atoms with E-state index in [1.165, 1.54) is 0 Å². The molecule has 1 aromatic rings. The van der Waals surface area contributed by atoms with Gasteiger partial charge in [0, 0.05) is 18.7 Å². The van der Waals surface area contributed by atoms with E-state index in [0.29, 0.717) is 5.92 Å². The van der Waals surface area contributed by atoms with E-state index >= 15 is 0 Å². The summed E-state index contributed by atoms with van der Waals surface area (Å²) in [5.74, 6) is 0.776. The van der Waals surface area contributed by atoms with Crippen molar-refractivity contribution in [3.63, 3.8) is 0 Å². The molecule has 106 valence electrons. The van der Waals surface area contributed by atoms with Crippen LogP contribution in [0.15, 0.2) is 24.3 Å². The number of benzene rings is 1. The second kappa shape index (κ2) is 7.51. The lowest BCUT2D eigenvalue weighted by molar-refractivity contribution is 0.0692. The molecule has 1 aliphatic rings. The first-order valence-corrected chi connectivity index (χ1v) is 6.83. The summed E-state index contributed by atoms with van der Waals surface area (Å²) in [6, 6.07) is 7.92. The molecule has 1 amide bonds. The quantitative estimate of drug-likeness (QED) is 0.926. The second-order valence-corrected chi connectivity index (χ2v) is 4.98.